The first-order valence-electron chi connectivity index (χ1n) is 27.9. The van der Waals surface area contributed by atoms with Gasteiger partial charge in [0.15, 0.2) is 0 Å². The minimum atomic E-state index is -0.668. The Balaban J connectivity index is 3.47. The first-order chi connectivity index (χ1) is 31.5. The molecule has 2 unspecified atom stereocenters. The molecule has 0 saturated carbocycles. The van der Waals surface area contributed by atoms with Crippen LogP contribution in [0.25, 0.3) is 0 Å². The van der Waals surface area contributed by atoms with Gasteiger partial charge in [0.2, 0.25) is 5.91 Å². The fraction of sp³-hybridized carbons (Fsp3) is 0.828. The standard InChI is InChI=1S/C58H107NO5/c1-3-5-7-9-11-13-15-26-30-34-38-42-46-50-56(61)55(54-60)59-57(62)51-47-43-39-35-31-28-24-22-20-18-17-19-21-23-25-29-33-37-41-45-49-53-64-58(63)52-48-44-40-36-32-27-16-14-12-10-8-6-4-2/h8,10,14,16,29,33,41,45,55-56,60-61H,3-7,9,11-13,15,17-28,30-32,34-40,42-44,46-54H2,1-2H3,(H,59,62)/b10-8-,16-14-,33-29-,45-41-. The topological polar surface area (TPSA) is 95.9 Å². The summed E-state index contributed by atoms with van der Waals surface area (Å²) in [4.78, 5) is 24.4. The second-order valence-corrected chi connectivity index (χ2v) is 18.9. The number of aliphatic hydroxyl groups is 2. The number of carbonyl (C=O) groups is 2. The Bertz CT molecular complexity index is 1080. The second kappa shape index (κ2) is 53.4. The number of amides is 1. The molecule has 0 rings (SSSR count). The van der Waals surface area contributed by atoms with Gasteiger partial charge in [0.05, 0.1) is 25.4 Å². The summed E-state index contributed by atoms with van der Waals surface area (Å²) in [6.07, 6.45) is 66.8. The number of allylic oxidation sites excluding steroid dienone is 7. The van der Waals surface area contributed by atoms with E-state index in [9.17, 15) is 19.8 Å². The second-order valence-electron chi connectivity index (χ2n) is 18.9. The third-order valence-corrected chi connectivity index (χ3v) is 12.6. The zero-order valence-corrected chi connectivity index (χ0v) is 42.5. The van der Waals surface area contributed by atoms with E-state index >= 15 is 0 Å². The molecule has 0 heterocycles. The van der Waals surface area contributed by atoms with Crippen LogP contribution in [-0.2, 0) is 14.3 Å². The van der Waals surface area contributed by atoms with E-state index in [0.717, 1.165) is 64.2 Å². The van der Waals surface area contributed by atoms with Crippen molar-refractivity contribution < 1.29 is 24.5 Å². The summed E-state index contributed by atoms with van der Waals surface area (Å²) in [5.74, 6) is -0.0918. The highest BCUT2D eigenvalue weighted by Crippen LogP contribution is 2.16. The van der Waals surface area contributed by atoms with Crippen LogP contribution in [0, 0.1) is 0 Å². The molecule has 3 N–H and O–H groups in total. The summed E-state index contributed by atoms with van der Waals surface area (Å²) < 4.78 is 5.39. The molecule has 0 aromatic carbocycles. The number of hydrogen-bond acceptors (Lipinski definition) is 5. The maximum absolute atomic E-state index is 12.5. The zero-order valence-electron chi connectivity index (χ0n) is 42.5. The monoisotopic (exact) mass is 898 g/mol. The third kappa shape index (κ3) is 49.3. The average Bonchev–Trinajstić information content (AvgIpc) is 3.29. The highest BCUT2D eigenvalue weighted by Gasteiger charge is 2.20. The lowest BCUT2D eigenvalue weighted by Gasteiger charge is -2.22. The van der Waals surface area contributed by atoms with Crippen molar-refractivity contribution in [2.75, 3.05) is 13.2 Å². The molecule has 0 aliphatic carbocycles. The van der Waals surface area contributed by atoms with Crippen LogP contribution in [0.4, 0.5) is 0 Å². The van der Waals surface area contributed by atoms with Crippen LogP contribution in [0.15, 0.2) is 48.6 Å². The Hall–Kier alpha value is -2.18. The van der Waals surface area contributed by atoms with E-state index in [0.29, 0.717) is 25.9 Å². The number of nitrogens with one attached hydrogen (secondary N) is 1. The summed E-state index contributed by atoms with van der Waals surface area (Å²) >= 11 is 0. The van der Waals surface area contributed by atoms with Crippen LogP contribution in [0.2, 0.25) is 0 Å². The molecule has 0 radical (unpaired) electrons. The molecule has 374 valence electrons. The lowest BCUT2D eigenvalue weighted by Crippen LogP contribution is -2.45. The van der Waals surface area contributed by atoms with Crippen LogP contribution < -0.4 is 5.32 Å². The van der Waals surface area contributed by atoms with E-state index in [2.05, 4.69) is 67.8 Å². The summed E-state index contributed by atoms with van der Waals surface area (Å²) in [5, 5.41) is 23.2. The quantitative estimate of drug-likeness (QED) is 0.0321. The molecule has 0 spiro atoms. The number of unbranched alkanes of at least 4 members (excludes halogenated alkanes) is 32. The molecular formula is C58H107NO5. The summed E-state index contributed by atoms with van der Waals surface area (Å²) in [6, 6.07) is -0.545. The van der Waals surface area contributed by atoms with Gasteiger partial charge in [-0.1, -0.05) is 249 Å². The van der Waals surface area contributed by atoms with Gasteiger partial charge in [-0.25, -0.2) is 0 Å². The van der Waals surface area contributed by atoms with Crippen molar-refractivity contribution in [1.29, 1.82) is 0 Å². The van der Waals surface area contributed by atoms with Crippen LogP contribution in [0.5, 0.6) is 0 Å². The van der Waals surface area contributed by atoms with Gasteiger partial charge in [0.25, 0.3) is 0 Å². The van der Waals surface area contributed by atoms with E-state index in [4.69, 9.17) is 4.74 Å². The highest BCUT2D eigenvalue weighted by atomic mass is 16.5. The van der Waals surface area contributed by atoms with Crippen molar-refractivity contribution in [2.24, 2.45) is 0 Å². The smallest absolute Gasteiger partial charge is 0.305 e. The third-order valence-electron chi connectivity index (χ3n) is 12.6. The molecule has 6 nitrogen and oxygen atoms in total. The minimum Gasteiger partial charge on any atom is -0.465 e. The molecule has 0 aromatic heterocycles. The molecule has 0 aliphatic heterocycles. The number of rotatable bonds is 51. The van der Waals surface area contributed by atoms with Crippen molar-refractivity contribution in [2.45, 2.75) is 296 Å². The van der Waals surface area contributed by atoms with Gasteiger partial charge in [-0.05, 0) is 70.6 Å². The number of aliphatic hydroxyl groups excluding tert-OH is 2. The number of esters is 1. The van der Waals surface area contributed by atoms with Crippen LogP contribution in [0.3, 0.4) is 0 Å². The Morgan fingerprint density at radius 2 is 0.812 bits per heavy atom. The lowest BCUT2D eigenvalue weighted by atomic mass is 10.0. The SMILES string of the molecule is CCC/C=C\C/C=C\CCCCCCCC(=O)OCC/C=C\C/C=C\CCCCCCCCCCCCCCCCC(=O)NC(CO)C(O)CCCCCCCCCCCCCCC. The van der Waals surface area contributed by atoms with Crippen molar-refractivity contribution in [3.8, 4) is 0 Å². The highest BCUT2D eigenvalue weighted by molar-refractivity contribution is 5.76. The Labute approximate surface area is 397 Å². The van der Waals surface area contributed by atoms with Gasteiger partial charge >= 0.3 is 5.97 Å². The fourth-order valence-corrected chi connectivity index (χ4v) is 8.34. The van der Waals surface area contributed by atoms with Crippen molar-refractivity contribution >= 4 is 11.9 Å². The van der Waals surface area contributed by atoms with E-state index in [-0.39, 0.29) is 18.5 Å². The first kappa shape index (κ1) is 61.8. The normalized spacial score (nSPS) is 13.0. The maximum Gasteiger partial charge on any atom is 0.305 e. The van der Waals surface area contributed by atoms with Crippen molar-refractivity contribution in [1.82, 2.24) is 5.32 Å². The molecule has 0 fully saturated rings. The molecule has 6 heteroatoms. The summed E-state index contributed by atoms with van der Waals surface area (Å²) in [6.45, 7) is 4.77. The number of hydrogen-bond donors (Lipinski definition) is 3. The van der Waals surface area contributed by atoms with Gasteiger partial charge in [0, 0.05) is 12.8 Å². The molecule has 0 aliphatic rings. The number of carbonyl (C=O) groups excluding carboxylic acids is 2. The molecule has 0 aromatic rings. The molecule has 0 bridgehead atoms. The predicted molar refractivity (Wildman–Crippen MR) is 278 cm³/mol. The molecule has 64 heavy (non-hydrogen) atoms. The van der Waals surface area contributed by atoms with E-state index in [1.807, 2.05) is 0 Å². The summed E-state index contributed by atoms with van der Waals surface area (Å²) in [7, 11) is 0. The van der Waals surface area contributed by atoms with Gasteiger partial charge in [-0.2, -0.15) is 0 Å². The molecular weight excluding hydrogens is 791 g/mol. The van der Waals surface area contributed by atoms with Gasteiger partial charge in [-0.3, -0.25) is 9.59 Å². The first-order valence-corrected chi connectivity index (χ1v) is 27.9. The van der Waals surface area contributed by atoms with Gasteiger partial charge in [0.1, 0.15) is 0 Å². The molecule has 0 saturated heterocycles. The molecule has 2 atom stereocenters. The van der Waals surface area contributed by atoms with Gasteiger partial charge < -0.3 is 20.3 Å². The largest absolute Gasteiger partial charge is 0.465 e. The van der Waals surface area contributed by atoms with Gasteiger partial charge in [-0.15, -0.1) is 0 Å². The lowest BCUT2D eigenvalue weighted by molar-refractivity contribution is -0.143. The van der Waals surface area contributed by atoms with Crippen LogP contribution in [0.1, 0.15) is 284 Å². The van der Waals surface area contributed by atoms with Crippen molar-refractivity contribution in [3.63, 3.8) is 0 Å². The predicted octanol–water partition coefficient (Wildman–Crippen LogP) is 17.0. The van der Waals surface area contributed by atoms with E-state index < -0.39 is 12.1 Å². The van der Waals surface area contributed by atoms with Crippen LogP contribution >= 0.6 is 0 Å². The van der Waals surface area contributed by atoms with Crippen molar-refractivity contribution in [3.05, 3.63) is 48.6 Å². The van der Waals surface area contributed by atoms with Crippen LogP contribution in [-0.4, -0.2) is 47.4 Å². The Morgan fingerprint density at radius 3 is 1.25 bits per heavy atom. The van der Waals surface area contributed by atoms with E-state index in [1.54, 1.807) is 0 Å². The Kier molecular flexibility index (Phi) is 51.6. The summed E-state index contributed by atoms with van der Waals surface area (Å²) in [5.41, 5.74) is 0. The minimum absolute atomic E-state index is 0.0407. The average molecular weight is 898 g/mol. The van der Waals surface area contributed by atoms with E-state index in [1.165, 1.54) is 186 Å². The fourth-order valence-electron chi connectivity index (χ4n) is 8.34. The molecule has 1 amide bonds. The number of ether oxygens (including phenoxy) is 1. The Morgan fingerprint density at radius 1 is 0.438 bits per heavy atom. The maximum atomic E-state index is 12.5. The zero-order chi connectivity index (χ0) is 46.5.